The van der Waals surface area contributed by atoms with Crippen LogP contribution in [0.15, 0.2) is 35.4 Å². The summed E-state index contributed by atoms with van der Waals surface area (Å²) in [4.78, 5) is 68.8. The number of azide groups is 1. The van der Waals surface area contributed by atoms with Crippen LogP contribution in [0.4, 0.5) is 0 Å². The van der Waals surface area contributed by atoms with Crippen LogP contribution in [-0.4, -0.2) is 73.0 Å². The van der Waals surface area contributed by atoms with Crippen LogP contribution in [0, 0.1) is 17.8 Å². The molecule has 242 valence electrons. The molecular formula is C31H46N6O7. The highest BCUT2D eigenvalue weighted by Gasteiger charge is 2.62. The van der Waals surface area contributed by atoms with Crippen molar-refractivity contribution in [3.8, 4) is 0 Å². The van der Waals surface area contributed by atoms with E-state index in [-0.39, 0.29) is 50.0 Å². The lowest BCUT2D eigenvalue weighted by molar-refractivity contribution is -0.152. The SMILES string of the molecule is COC(=O)[C@@]1(C(=O)[C@@H](CC(C)C)NC(=O)[C@H](CC(C)C)NC(=O)[C@H](CC(C)C)NC(=O)[C@H](Cc2ccccc2)N=[N+]=[N-])CO1. The van der Waals surface area contributed by atoms with Crippen molar-refractivity contribution in [2.45, 2.75) is 97.0 Å². The molecule has 1 aliphatic rings. The molecule has 1 heterocycles. The van der Waals surface area contributed by atoms with E-state index in [1.165, 1.54) is 0 Å². The van der Waals surface area contributed by atoms with Crippen molar-refractivity contribution in [2.75, 3.05) is 13.7 Å². The van der Waals surface area contributed by atoms with Crippen molar-refractivity contribution in [3.05, 3.63) is 46.3 Å². The summed E-state index contributed by atoms with van der Waals surface area (Å²) in [5.74, 6) is -3.26. The van der Waals surface area contributed by atoms with Gasteiger partial charge in [0, 0.05) is 4.91 Å². The number of nitrogens with one attached hydrogen (secondary N) is 3. The van der Waals surface area contributed by atoms with E-state index in [0.717, 1.165) is 12.7 Å². The van der Waals surface area contributed by atoms with E-state index in [9.17, 15) is 24.0 Å². The number of carbonyl (C=O) groups is 5. The number of carbonyl (C=O) groups excluding carboxylic acids is 5. The van der Waals surface area contributed by atoms with Crippen LogP contribution in [-0.2, 0) is 39.9 Å². The molecule has 1 aliphatic heterocycles. The molecule has 1 aromatic carbocycles. The van der Waals surface area contributed by atoms with Crippen molar-refractivity contribution in [3.63, 3.8) is 0 Å². The van der Waals surface area contributed by atoms with E-state index in [1.807, 2.05) is 59.7 Å². The molecule has 0 saturated carbocycles. The Morgan fingerprint density at radius 3 is 1.73 bits per heavy atom. The first-order valence-corrected chi connectivity index (χ1v) is 15.0. The average molecular weight is 615 g/mol. The zero-order valence-corrected chi connectivity index (χ0v) is 26.7. The fourth-order valence-corrected chi connectivity index (χ4v) is 4.89. The fourth-order valence-electron chi connectivity index (χ4n) is 4.89. The Morgan fingerprint density at radius 2 is 1.30 bits per heavy atom. The van der Waals surface area contributed by atoms with E-state index in [1.54, 1.807) is 12.1 Å². The van der Waals surface area contributed by atoms with Gasteiger partial charge in [-0.2, -0.15) is 0 Å². The minimum atomic E-state index is -1.74. The maximum Gasteiger partial charge on any atom is 0.348 e. The van der Waals surface area contributed by atoms with Gasteiger partial charge < -0.3 is 25.4 Å². The summed E-state index contributed by atoms with van der Waals surface area (Å²) < 4.78 is 9.96. The number of ketones is 1. The van der Waals surface area contributed by atoms with Gasteiger partial charge in [-0.15, -0.1) is 0 Å². The maximum atomic E-state index is 13.6. The van der Waals surface area contributed by atoms with Gasteiger partial charge in [-0.05, 0) is 54.5 Å². The molecule has 0 aliphatic carbocycles. The molecule has 1 aromatic rings. The number of nitrogens with zero attached hydrogens (tertiary/aromatic N) is 3. The minimum absolute atomic E-state index is 0.00318. The summed E-state index contributed by atoms with van der Waals surface area (Å²) in [5, 5.41) is 11.9. The number of hydrogen-bond acceptors (Lipinski definition) is 8. The first kappa shape index (κ1) is 36.2. The average Bonchev–Trinajstić information content (AvgIpc) is 3.77. The molecule has 0 radical (unpaired) electrons. The van der Waals surface area contributed by atoms with Gasteiger partial charge in [0.25, 0.3) is 0 Å². The van der Waals surface area contributed by atoms with E-state index in [4.69, 9.17) is 15.0 Å². The van der Waals surface area contributed by atoms with Gasteiger partial charge in [0.1, 0.15) is 18.1 Å². The van der Waals surface area contributed by atoms with Crippen molar-refractivity contribution >= 4 is 29.5 Å². The van der Waals surface area contributed by atoms with Crippen LogP contribution >= 0.6 is 0 Å². The summed E-state index contributed by atoms with van der Waals surface area (Å²) in [6.45, 7) is 11.2. The summed E-state index contributed by atoms with van der Waals surface area (Å²) in [6, 6.07) is 4.86. The number of esters is 1. The monoisotopic (exact) mass is 614 g/mol. The Hall–Kier alpha value is -3.96. The molecule has 44 heavy (non-hydrogen) atoms. The predicted octanol–water partition coefficient (Wildman–Crippen LogP) is 3.01. The predicted molar refractivity (Wildman–Crippen MR) is 163 cm³/mol. The van der Waals surface area contributed by atoms with Gasteiger partial charge >= 0.3 is 5.97 Å². The molecule has 2 rings (SSSR count). The molecule has 0 aromatic heterocycles. The normalized spacial score (nSPS) is 18.4. The summed E-state index contributed by atoms with van der Waals surface area (Å²) in [7, 11) is 1.16. The minimum Gasteiger partial charge on any atom is -0.466 e. The lowest BCUT2D eigenvalue weighted by Crippen LogP contribution is -2.58. The number of ether oxygens (including phenoxy) is 2. The Morgan fingerprint density at radius 1 is 0.841 bits per heavy atom. The first-order chi connectivity index (χ1) is 20.7. The molecule has 0 spiro atoms. The van der Waals surface area contributed by atoms with Gasteiger partial charge in [-0.1, -0.05) is 77.0 Å². The summed E-state index contributed by atoms with van der Waals surface area (Å²) in [6.07, 6.45) is 0.891. The first-order valence-electron chi connectivity index (χ1n) is 15.0. The Bertz CT molecular complexity index is 1210. The molecule has 0 unspecified atom stereocenters. The van der Waals surface area contributed by atoms with E-state index >= 15 is 0 Å². The van der Waals surface area contributed by atoms with Crippen LogP contribution < -0.4 is 16.0 Å². The highest BCUT2D eigenvalue weighted by Crippen LogP contribution is 2.32. The smallest absolute Gasteiger partial charge is 0.348 e. The van der Waals surface area contributed by atoms with E-state index < -0.39 is 59.2 Å². The van der Waals surface area contributed by atoms with Crippen molar-refractivity contribution in [1.29, 1.82) is 0 Å². The van der Waals surface area contributed by atoms with Crippen LogP contribution in [0.3, 0.4) is 0 Å². The Kier molecular flexibility index (Phi) is 13.8. The topological polar surface area (TPSA) is 192 Å². The van der Waals surface area contributed by atoms with E-state index in [0.29, 0.717) is 0 Å². The third kappa shape index (κ3) is 10.6. The maximum absolute atomic E-state index is 13.6. The highest BCUT2D eigenvalue weighted by molar-refractivity contribution is 6.13. The van der Waals surface area contributed by atoms with Gasteiger partial charge in [-0.3, -0.25) is 19.2 Å². The van der Waals surface area contributed by atoms with Crippen LogP contribution in [0.1, 0.15) is 66.4 Å². The molecule has 1 saturated heterocycles. The lowest BCUT2D eigenvalue weighted by atomic mass is 9.91. The number of methoxy groups -OCH3 is 1. The van der Waals surface area contributed by atoms with Crippen molar-refractivity contribution in [1.82, 2.24) is 16.0 Å². The standard InChI is InChI=1S/C31H46N6O7/c1-18(2)13-22(26(38)31(17-44-31)30(42)43-7)33-27(39)23(14-19(3)4)34-28(40)24(15-20(5)6)35-29(41)25(36-37-32)16-21-11-9-8-10-12-21/h8-12,18-20,22-25H,13-17H2,1-7H3,(H,33,39)(H,34,40)(H,35,41)/t22-,23+,24+,25+,31+/m1/s1. The summed E-state index contributed by atoms with van der Waals surface area (Å²) in [5.41, 5.74) is 8.12. The molecular weight excluding hydrogens is 568 g/mol. The number of amides is 3. The number of epoxide rings is 1. The molecule has 5 atom stereocenters. The summed E-state index contributed by atoms with van der Waals surface area (Å²) >= 11 is 0. The van der Waals surface area contributed by atoms with Gasteiger partial charge in [0.05, 0.1) is 19.8 Å². The van der Waals surface area contributed by atoms with Gasteiger partial charge in [0.2, 0.25) is 29.1 Å². The number of benzene rings is 1. The number of hydrogen-bond donors (Lipinski definition) is 3. The Balaban J connectivity index is 2.25. The Labute approximate surface area is 258 Å². The van der Waals surface area contributed by atoms with Crippen LogP contribution in [0.2, 0.25) is 0 Å². The lowest BCUT2D eigenvalue weighted by Gasteiger charge is -2.28. The quantitative estimate of drug-likeness (QED) is 0.0565. The van der Waals surface area contributed by atoms with Gasteiger partial charge in [0.15, 0.2) is 0 Å². The van der Waals surface area contributed by atoms with Gasteiger partial charge in [-0.25, -0.2) is 4.79 Å². The molecule has 13 heteroatoms. The number of rotatable bonds is 18. The zero-order valence-electron chi connectivity index (χ0n) is 26.7. The third-order valence-electron chi connectivity index (χ3n) is 7.13. The molecule has 1 fully saturated rings. The second kappa shape index (κ2) is 16.8. The van der Waals surface area contributed by atoms with E-state index in [2.05, 4.69) is 26.0 Å². The second-order valence-electron chi connectivity index (χ2n) is 12.5. The highest BCUT2D eigenvalue weighted by atomic mass is 16.6. The van der Waals surface area contributed by atoms with Crippen LogP contribution in [0.5, 0.6) is 0 Å². The largest absolute Gasteiger partial charge is 0.466 e. The zero-order chi connectivity index (χ0) is 33.0. The third-order valence-corrected chi connectivity index (χ3v) is 7.13. The van der Waals surface area contributed by atoms with Crippen LogP contribution in [0.25, 0.3) is 10.4 Å². The fraction of sp³-hybridized carbons (Fsp3) is 0.645. The molecule has 13 nitrogen and oxygen atoms in total. The molecule has 3 amide bonds. The second-order valence-corrected chi connectivity index (χ2v) is 12.5. The van der Waals surface area contributed by atoms with Crippen molar-refractivity contribution in [2.24, 2.45) is 22.9 Å². The molecule has 3 N–H and O–H groups in total. The molecule has 0 bridgehead atoms. The van der Waals surface area contributed by atoms with Crippen molar-refractivity contribution < 1.29 is 33.4 Å². The number of Topliss-reactive ketones (excluding diaryl/α,β-unsaturated/α-hetero) is 1.